The zero-order chi connectivity index (χ0) is 16.9. The van der Waals surface area contributed by atoms with E-state index in [9.17, 15) is 9.18 Å². The predicted octanol–water partition coefficient (Wildman–Crippen LogP) is 1.08. The maximum absolute atomic E-state index is 14.0. The second-order valence-electron chi connectivity index (χ2n) is 5.10. The third kappa shape index (κ3) is 3.55. The van der Waals surface area contributed by atoms with Crippen LogP contribution in [0.5, 0.6) is 0 Å². The van der Waals surface area contributed by atoms with Crippen LogP contribution in [0.3, 0.4) is 0 Å². The average molecular weight is 336 g/mol. The summed E-state index contributed by atoms with van der Waals surface area (Å²) in [4.78, 5) is 13.4. The number of hydrogen-bond donors (Lipinski definition) is 4. The minimum atomic E-state index is -0.523. The number of amides is 1. The normalized spacial score (nSPS) is 17.0. The SMILES string of the molecule is NNCNc1ccc(N2C[C@H](CNc3ccon3)OC2=O)cc1F. The van der Waals surface area contributed by atoms with Gasteiger partial charge >= 0.3 is 6.09 Å². The van der Waals surface area contributed by atoms with Crippen molar-refractivity contribution in [2.75, 3.05) is 35.3 Å². The van der Waals surface area contributed by atoms with E-state index in [4.69, 9.17) is 15.1 Å². The number of ether oxygens (including phenoxy) is 1. The van der Waals surface area contributed by atoms with E-state index in [1.807, 2.05) is 0 Å². The first-order chi connectivity index (χ1) is 11.7. The molecule has 0 radical (unpaired) electrons. The molecule has 0 bridgehead atoms. The molecule has 1 fully saturated rings. The van der Waals surface area contributed by atoms with Gasteiger partial charge in [0.2, 0.25) is 0 Å². The van der Waals surface area contributed by atoms with Crippen molar-refractivity contribution >= 4 is 23.3 Å². The van der Waals surface area contributed by atoms with Gasteiger partial charge in [-0.3, -0.25) is 10.7 Å². The number of nitrogens with one attached hydrogen (secondary N) is 3. The maximum Gasteiger partial charge on any atom is 0.414 e. The molecule has 10 heteroatoms. The number of halogens is 1. The number of hydrazine groups is 1. The lowest BCUT2D eigenvalue weighted by atomic mass is 10.2. The minimum Gasteiger partial charge on any atom is -0.442 e. The van der Waals surface area contributed by atoms with Gasteiger partial charge in [0, 0.05) is 6.07 Å². The van der Waals surface area contributed by atoms with Gasteiger partial charge in [-0.05, 0) is 18.2 Å². The molecule has 3 rings (SSSR count). The lowest BCUT2D eigenvalue weighted by Gasteiger charge is -2.15. The van der Waals surface area contributed by atoms with Crippen molar-refractivity contribution in [2.24, 2.45) is 5.84 Å². The van der Waals surface area contributed by atoms with Gasteiger partial charge in [0.15, 0.2) is 5.82 Å². The van der Waals surface area contributed by atoms with Crippen molar-refractivity contribution in [1.29, 1.82) is 0 Å². The summed E-state index contributed by atoms with van der Waals surface area (Å²) >= 11 is 0. The molecule has 128 valence electrons. The Kier molecular flexibility index (Phi) is 4.77. The summed E-state index contributed by atoms with van der Waals surface area (Å²) in [6.45, 7) is 0.900. The number of benzene rings is 1. The molecule has 1 amide bonds. The molecular weight excluding hydrogens is 319 g/mol. The molecule has 0 saturated carbocycles. The second kappa shape index (κ2) is 7.15. The number of rotatable bonds is 7. The second-order valence-corrected chi connectivity index (χ2v) is 5.10. The molecule has 1 aromatic carbocycles. The molecule has 1 aliphatic rings. The Balaban J connectivity index is 1.62. The van der Waals surface area contributed by atoms with Gasteiger partial charge in [0.05, 0.1) is 31.1 Å². The lowest BCUT2D eigenvalue weighted by molar-refractivity contribution is 0.147. The zero-order valence-corrected chi connectivity index (χ0v) is 12.7. The average Bonchev–Trinajstić information content (AvgIpc) is 3.21. The molecule has 2 heterocycles. The summed E-state index contributed by atoms with van der Waals surface area (Å²) in [5.41, 5.74) is 3.08. The largest absolute Gasteiger partial charge is 0.442 e. The van der Waals surface area contributed by atoms with Crippen molar-refractivity contribution in [2.45, 2.75) is 6.10 Å². The number of carbonyl (C=O) groups excluding carboxylic acids is 1. The first kappa shape index (κ1) is 16.0. The molecule has 0 aliphatic carbocycles. The Morgan fingerprint density at radius 1 is 1.38 bits per heavy atom. The molecule has 1 saturated heterocycles. The highest BCUT2D eigenvalue weighted by molar-refractivity contribution is 5.90. The van der Waals surface area contributed by atoms with Gasteiger partial charge < -0.3 is 19.9 Å². The fraction of sp³-hybridized carbons (Fsp3) is 0.286. The quantitative estimate of drug-likeness (QED) is 0.337. The van der Waals surface area contributed by atoms with Crippen molar-refractivity contribution in [1.82, 2.24) is 10.6 Å². The lowest BCUT2D eigenvalue weighted by Crippen LogP contribution is -2.29. The highest BCUT2D eigenvalue weighted by atomic mass is 19.1. The maximum atomic E-state index is 14.0. The van der Waals surface area contributed by atoms with Crippen molar-refractivity contribution in [3.63, 3.8) is 0 Å². The smallest absolute Gasteiger partial charge is 0.414 e. The number of carbonyl (C=O) groups is 1. The monoisotopic (exact) mass is 336 g/mol. The Morgan fingerprint density at radius 2 is 2.25 bits per heavy atom. The number of aromatic nitrogens is 1. The first-order valence-corrected chi connectivity index (χ1v) is 7.26. The number of nitrogens with two attached hydrogens (primary N) is 1. The van der Waals surface area contributed by atoms with E-state index in [2.05, 4.69) is 21.2 Å². The molecule has 9 nitrogen and oxygen atoms in total. The standard InChI is InChI=1S/C14H17FN6O3/c15-11-5-9(1-2-12(11)18-8-19-16)21-7-10(24-14(21)22)6-17-13-3-4-23-20-13/h1-5,10,18-19H,6-8,16H2,(H,17,20)/t10-/m0/s1. The fourth-order valence-corrected chi connectivity index (χ4v) is 2.32. The van der Waals surface area contributed by atoms with Crippen LogP contribution in [0, 0.1) is 5.82 Å². The Morgan fingerprint density at radius 3 is 2.96 bits per heavy atom. The van der Waals surface area contributed by atoms with Gasteiger partial charge in [-0.2, -0.15) is 0 Å². The van der Waals surface area contributed by atoms with E-state index in [1.165, 1.54) is 23.3 Å². The van der Waals surface area contributed by atoms with Crippen LogP contribution in [0.15, 0.2) is 35.1 Å². The van der Waals surface area contributed by atoms with E-state index >= 15 is 0 Å². The summed E-state index contributed by atoms with van der Waals surface area (Å²) in [6.07, 6.45) is 0.538. The number of anilines is 3. The summed E-state index contributed by atoms with van der Waals surface area (Å²) < 4.78 is 24.0. The van der Waals surface area contributed by atoms with Crippen LogP contribution in [0.25, 0.3) is 0 Å². The Bertz CT molecular complexity index is 696. The number of nitrogens with zero attached hydrogens (tertiary/aromatic N) is 2. The van der Waals surface area contributed by atoms with Gasteiger partial charge in [-0.1, -0.05) is 5.16 Å². The number of cyclic esters (lactones) is 1. The van der Waals surface area contributed by atoms with E-state index in [1.54, 1.807) is 12.1 Å². The fourth-order valence-electron chi connectivity index (χ4n) is 2.32. The van der Waals surface area contributed by atoms with Crippen LogP contribution in [0.1, 0.15) is 0 Å². The van der Waals surface area contributed by atoms with E-state index < -0.39 is 11.9 Å². The Labute approximate surface area is 136 Å². The molecule has 1 aliphatic heterocycles. The molecule has 0 spiro atoms. The van der Waals surface area contributed by atoms with E-state index in [0.717, 1.165) is 0 Å². The molecular formula is C14H17FN6O3. The summed E-state index contributed by atoms with van der Waals surface area (Å²) in [6, 6.07) is 6.10. The summed E-state index contributed by atoms with van der Waals surface area (Å²) in [7, 11) is 0. The summed E-state index contributed by atoms with van der Waals surface area (Å²) in [5.74, 6) is 5.20. The third-order valence-electron chi connectivity index (χ3n) is 3.47. The Hall–Kier alpha value is -2.85. The molecule has 5 N–H and O–H groups in total. The van der Waals surface area contributed by atoms with Crippen LogP contribution in [-0.4, -0.2) is 37.1 Å². The third-order valence-corrected chi connectivity index (χ3v) is 3.47. The molecule has 1 atom stereocenters. The van der Waals surface area contributed by atoms with Crippen LogP contribution in [0.2, 0.25) is 0 Å². The zero-order valence-electron chi connectivity index (χ0n) is 12.7. The van der Waals surface area contributed by atoms with Crippen molar-refractivity contribution in [3.05, 3.63) is 36.3 Å². The highest BCUT2D eigenvalue weighted by Crippen LogP contribution is 2.26. The minimum absolute atomic E-state index is 0.220. The van der Waals surface area contributed by atoms with Crippen LogP contribution >= 0.6 is 0 Å². The van der Waals surface area contributed by atoms with Crippen LogP contribution in [-0.2, 0) is 4.74 Å². The first-order valence-electron chi connectivity index (χ1n) is 7.26. The van der Waals surface area contributed by atoms with E-state index in [0.29, 0.717) is 24.6 Å². The van der Waals surface area contributed by atoms with Crippen molar-refractivity contribution in [3.8, 4) is 0 Å². The topological polar surface area (TPSA) is 118 Å². The molecule has 0 unspecified atom stereocenters. The number of hydrogen-bond acceptors (Lipinski definition) is 8. The van der Waals surface area contributed by atoms with Gasteiger partial charge in [-0.15, -0.1) is 0 Å². The van der Waals surface area contributed by atoms with Gasteiger partial charge in [-0.25, -0.2) is 14.6 Å². The van der Waals surface area contributed by atoms with Crippen LogP contribution < -0.4 is 26.8 Å². The molecule has 24 heavy (non-hydrogen) atoms. The molecule has 1 aromatic heterocycles. The van der Waals surface area contributed by atoms with Gasteiger partial charge in [0.1, 0.15) is 18.2 Å². The van der Waals surface area contributed by atoms with Gasteiger partial charge in [0.25, 0.3) is 0 Å². The summed E-state index contributed by atoms with van der Waals surface area (Å²) in [5, 5.41) is 9.46. The predicted molar refractivity (Wildman–Crippen MR) is 84.8 cm³/mol. The van der Waals surface area contributed by atoms with Crippen molar-refractivity contribution < 1.29 is 18.4 Å². The molecule has 2 aromatic rings. The van der Waals surface area contributed by atoms with E-state index in [-0.39, 0.29) is 18.5 Å². The van der Waals surface area contributed by atoms with Crippen LogP contribution in [0.4, 0.5) is 26.4 Å². The highest BCUT2D eigenvalue weighted by Gasteiger charge is 2.32.